The van der Waals surface area contributed by atoms with Crippen LogP contribution in [0.5, 0.6) is 0 Å². The van der Waals surface area contributed by atoms with Crippen LogP contribution in [0.2, 0.25) is 0 Å². The van der Waals surface area contributed by atoms with Gasteiger partial charge in [0.25, 0.3) is 11.8 Å². The minimum Gasteiger partial charge on any atom is -0.459 e. The summed E-state index contributed by atoms with van der Waals surface area (Å²) in [6, 6.07) is 10.1. The minimum absolute atomic E-state index is 0.214. The standard InChI is InChI=1S/C17H21N3O3/c1-17(2,18)11-19-15(21)12-7-4-5-8-13(12)20(3)16(22)14-9-6-10-23-14/h4-10H,11,18H2,1-3H3,(H,19,21). The summed E-state index contributed by atoms with van der Waals surface area (Å²) in [5, 5.41) is 2.78. The maximum absolute atomic E-state index is 12.4. The fraction of sp³-hybridized carbons (Fsp3) is 0.294. The summed E-state index contributed by atoms with van der Waals surface area (Å²) >= 11 is 0. The molecule has 0 fully saturated rings. The third-order valence-corrected chi connectivity index (χ3v) is 3.25. The van der Waals surface area contributed by atoms with Crippen molar-refractivity contribution in [3.8, 4) is 0 Å². The summed E-state index contributed by atoms with van der Waals surface area (Å²) in [5.74, 6) is -0.390. The predicted molar refractivity (Wildman–Crippen MR) is 88.5 cm³/mol. The summed E-state index contributed by atoms with van der Waals surface area (Å²) in [6.07, 6.45) is 1.43. The van der Waals surface area contributed by atoms with Gasteiger partial charge in [0.05, 0.1) is 17.5 Å². The monoisotopic (exact) mass is 315 g/mol. The number of para-hydroxylation sites is 1. The molecule has 23 heavy (non-hydrogen) atoms. The number of carbonyl (C=O) groups excluding carboxylic acids is 2. The molecule has 2 rings (SSSR count). The Labute approximate surface area is 135 Å². The van der Waals surface area contributed by atoms with Crippen LogP contribution in [-0.4, -0.2) is 30.9 Å². The highest BCUT2D eigenvalue weighted by atomic mass is 16.3. The Morgan fingerprint density at radius 3 is 2.52 bits per heavy atom. The second-order valence-electron chi connectivity index (χ2n) is 6.03. The van der Waals surface area contributed by atoms with E-state index in [-0.39, 0.29) is 17.6 Å². The molecule has 0 radical (unpaired) electrons. The zero-order valence-corrected chi connectivity index (χ0v) is 13.5. The molecule has 0 spiro atoms. The normalized spacial score (nSPS) is 11.1. The molecule has 1 heterocycles. The first kappa shape index (κ1) is 16.8. The Hall–Kier alpha value is -2.60. The quantitative estimate of drug-likeness (QED) is 0.883. The van der Waals surface area contributed by atoms with E-state index in [0.29, 0.717) is 17.8 Å². The molecule has 0 aliphatic rings. The van der Waals surface area contributed by atoms with E-state index in [1.54, 1.807) is 43.4 Å². The van der Waals surface area contributed by atoms with Crippen LogP contribution in [0, 0.1) is 0 Å². The Kier molecular flexibility index (Phi) is 4.86. The zero-order valence-electron chi connectivity index (χ0n) is 13.5. The summed E-state index contributed by atoms with van der Waals surface area (Å²) < 4.78 is 5.12. The van der Waals surface area contributed by atoms with Crippen LogP contribution in [0.3, 0.4) is 0 Å². The van der Waals surface area contributed by atoms with Gasteiger partial charge >= 0.3 is 0 Å². The van der Waals surface area contributed by atoms with E-state index in [0.717, 1.165) is 0 Å². The van der Waals surface area contributed by atoms with Crippen LogP contribution in [0.15, 0.2) is 47.1 Å². The van der Waals surface area contributed by atoms with Gasteiger partial charge in [-0.15, -0.1) is 0 Å². The lowest BCUT2D eigenvalue weighted by Crippen LogP contribution is -2.45. The molecule has 6 heteroatoms. The lowest BCUT2D eigenvalue weighted by molar-refractivity contribution is 0.0946. The number of anilines is 1. The molecule has 2 amide bonds. The zero-order chi connectivity index (χ0) is 17.0. The third kappa shape index (κ3) is 4.20. The topological polar surface area (TPSA) is 88.6 Å². The molecule has 1 aromatic heterocycles. The first-order valence-corrected chi connectivity index (χ1v) is 7.27. The largest absolute Gasteiger partial charge is 0.459 e. The van der Waals surface area contributed by atoms with Gasteiger partial charge in [-0.25, -0.2) is 0 Å². The average molecular weight is 315 g/mol. The van der Waals surface area contributed by atoms with Crippen LogP contribution in [0.4, 0.5) is 5.69 Å². The molecule has 0 saturated heterocycles. The van der Waals surface area contributed by atoms with Crippen molar-refractivity contribution in [2.75, 3.05) is 18.5 Å². The van der Waals surface area contributed by atoms with E-state index in [1.807, 2.05) is 13.8 Å². The molecule has 122 valence electrons. The second-order valence-corrected chi connectivity index (χ2v) is 6.03. The Morgan fingerprint density at radius 1 is 1.22 bits per heavy atom. The molecular weight excluding hydrogens is 294 g/mol. The first-order valence-electron chi connectivity index (χ1n) is 7.27. The number of nitrogens with two attached hydrogens (primary N) is 1. The fourth-order valence-corrected chi connectivity index (χ4v) is 2.04. The molecule has 0 unspecified atom stereocenters. The molecular formula is C17H21N3O3. The lowest BCUT2D eigenvalue weighted by Gasteiger charge is -2.22. The van der Waals surface area contributed by atoms with E-state index in [4.69, 9.17) is 10.2 Å². The van der Waals surface area contributed by atoms with Gasteiger partial charge in [-0.2, -0.15) is 0 Å². The van der Waals surface area contributed by atoms with Crippen LogP contribution < -0.4 is 16.0 Å². The van der Waals surface area contributed by atoms with Gasteiger partial charge in [0.2, 0.25) is 0 Å². The number of furan rings is 1. The Balaban J connectivity index is 2.23. The van der Waals surface area contributed by atoms with Crippen molar-refractivity contribution < 1.29 is 14.0 Å². The van der Waals surface area contributed by atoms with Crippen LogP contribution >= 0.6 is 0 Å². The van der Waals surface area contributed by atoms with E-state index >= 15 is 0 Å². The molecule has 3 N–H and O–H groups in total. The van der Waals surface area contributed by atoms with Crippen molar-refractivity contribution in [1.82, 2.24) is 5.32 Å². The number of nitrogens with zero attached hydrogens (tertiary/aromatic N) is 1. The molecule has 0 bridgehead atoms. The van der Waals surface area contributed by atoms with Crippen molar-refractivity contribution in [3.63, 3.8) is 0 Å². The molecule has 0 saturated carbocycles. The lowest BCUT2D eigenvalue weighted by atomic mass is 10.1. The average Bonchev–Trinajstić information content (AvgIpc) is 3.05. The van der Waals surface area contributed by atoms with Crippen molar-refractivity contribution in [2.24, 2.45) is 5.73 Å². The summed E-state index contributed by atoms with van der Waals surface area (Å²) in [6.45, 7) is 3.98. The second kappa shape index (κ2) is 6.66. The molecule has 1 aromatic carbocycles. The number of carbonyl (C=O) groups is 2. The fourth-order valence-electron chi connectivity index (χ4n) is 2.04. The van der Waals surface area contributed by atoms with Crippen molar-refractivity contribution in [1.29, 1.82) is 0 Å². The summed E-state index contributed by atoms with van der Waals surface area (Å²) in [5.41, 5.74) is 6.27. The summed E-state index contributed by atoms with van der Waals surface area (Å²) in [4.78, 5) is 26.2. The first-order chi connectivity index (χ1) is 10.8. The molecule has 2 aromatic rings. The van der Waals surface area contributed by atoms with Gasteiger partial charge in [0.1, 0.15) is 0 Å². The number of hydrogen-bond acceptors (Lipinski definition) is 4. The van der Waals surface area contributed by atoms with Crippen LogP contribution in [0.25, 0.3) is 0 Å². The highest BCUT2D eigenvalue weighted by Gasteiger charge is 2.22. The van der Waals surface area contributed by atoms with Gasteiger partial charge in [0.15, 0.2) is 5.76 Å². The number of amides is 2. The van der Waals surface area contributed by atoms with E-state index in [9.17, 15) is 9.59 Å². The van der Waals surface area contributed by atoms with Gasteiger partial charge in [-0.05, 0) is 38.1 Å². The van der Waals surface area contributed by atoms with Crippen molar-refractivity contribution in [3.05, 3.63) is 54.0 Å². The molecule has 0 aliphatic carbocycles. The maximum Gasteiger partial charge on any atom is 0.293 e. The van der Waals surface area contributed by atoms with Crippen LogP contribution in [-0.2, 0) is 0 Å². The number of benzene rings is 1. The van der Waals surface area contributed by atoms with E-state index < -0.39 is 5.54 Å². The number of hydrogen-bond donors (Lipinski definition) is 2. The predicted octanol–water partition coefficient (Wildman–Crippen LogP) is 2.02. The molecule has 0 atom stereocenters. The van der Waals surface area contributed by atoms with Gasteiger partial charge in [0, 0.05) is 19.1 Å². The maximum atomic E-state index is 12.4. The van der Waals surface area contributed by atoms with Crippen LogP contribution in [0.1, 0.15) is 34.8 Å². The summed E-state index contributed by atoms with van der Waals surface area (Å²) in [7, 11) is 1.60. The van der Waals surface area contributed by atoms with Gasteiger partial charge < -0.3 is 20.4 Å². The van der Waals surface area contributed by atoms with Gasteiger partial charge in [-0.1, -0.05) is 12.1 Å². The highest BCUT2D eigenvalue weighted by Crippen LogP contribution is 2.21. The Bertz CT molecular complexity index is 687. The Morgan fingerprint density at radius 2 is 1.91 bits per heavy atom. The SMILES string of the molecule is CN(C(=O)c1ccco1)c1ccccc1C(=O)NCC(C)(C)N. The number of rotatable bonds is 5. The van der Waals surface area contributed by atoms with Crippen molar-refractivity contribution >= 4 is 17.5 Å². The van der Waals surface area contributed by atoms with E-state index in [2.05, 4.69) is 5.32 Å². The third-order valence-electron chi connectivity index (χ3n) is 3.25. The van der Waals surface area contributed by atoms with Crippen molar-refractivity contribution in [2.45, 2.75) is 19.4 Å². The minimum atomic E-state index is -0.513. The van der Waals surface area contributed by atoms with E-state index in [1.165, 1.54) is 11.2 Å². The molecule has 6 nitrogen and oxygen atoms in total. The molecule has 0 aliphatic heterocycles. The smallest absolute Gasteiger partial charge is 0.293 e. The highest BCUT2D eigenvalue weighted by molar-refractivity contribution is 6.09. The van der Waals surface area contributed by atoms with Gasteiger partial charge in [-0.3, -0.25) is 9.59 Å². The number of nitrogens with one attached hydrogen (secondary N) is 1.